The Morgan fingerprint density at radius 1 is 0.893 bits per heavy atom. The SMILES string of the molecule is CCOc1cc(OCC)c(C(=O)CCC(=O)OCCS(=O)(=O)O)cc1OCC. The molecule has 0 aliphatic rings. The zero-order valence-electron chi connectivity index (χ0n) is 16.2. The summed E-state index contributed by atoms with van der Waals surface area (Å²) < 4.78 is 51.0. The molecule has 0 heterocycles. The Morgan fingerprint density at radius 3 is 1.96 bits per heavy atom. The lowest BCUT2D eigenvalue weighted by Crippen LogP contribution is -2.15. The molecule has 0 aromatic heterocycles. The van der Waals surface area contributed by atoms with E-state index in [1.165, 1.54) is 6.07 Å². The number of hydrogen-bond donors (Lipinski definition) is 1. The highest BCUT2D eigenvalue weighted by atomic mass is 32.2. The van der Waals surface area contributed by atoms with Crippen LogP contribution in [0.3, 0.4) is 0 Å². The first-order valence-electron chi connectivity index (χ1n) is 8.92. The van der Waals surface area contributed by atoms with Crippen LogP contribution >= 0.6 is 0 Å². The van der Waals surface area contributed by atoms with Crippen LogP contribution < -0.4 is 14.2 Å². The monoisotopic (exact) mass is 418 g/mol. The number of Topliss-reactive ketones (excluding diaryl/α,β-unsaturated/α-hetero) is 1. The van der Waals surface area contributed by atoms with Gasteiger partial charge in [-0.2, -0.15) is 8.42 Å². The highest BCUT2D eigenvalue weighted by molar-refractivity contribution is 7.85. The number of esters is 1. The Balaban J connectivity index is 2.86. The number of rotatable bonds is 13. The highest BCUT2D eigenvalue weighted by Crippen LogP contribution is 2.36. The van der Waals surface area contributed by atoms with Crippen molar-refractivity contribution in [3.05, 3.63) is 17.7 Å². The molecule has 0 saturated heterocycles. The lowest BCUT2D eigenvalue weighted by molar-refractivity contribution is -0.142. The Labute approximate surface area is 164 Å². The van der Waals surface area contributed by atoms with Gasteiger partial charge in [-0.1, -0.05) is 0 Å². The molecule has 0 bridgehead atoms. The van der Waals surface area contributed by atoms with Gasteiger partial charge in [0.15, 0.2) is 17.3 Å². The maximum Gasteiger partial charge on any atom is 0.306 e. The minimum atomic E-state index is -4.21. The summed E-state index contributed by atoms with van der Waals surface area (Å²) in [6.45, 7) is 6.04. The van der Waals surface area contributed by atoms with Gasteiger partial charge in [0, 0.05) is 12.5 Å². The summed E-state index contributed by atoms with van der Waals surface area (Å²) >= 11 is 0. The second kappa shape index (κ2) is 11.5. The number of hydrogen-bond acceptors (Lipinski definition) is 8. The molecule has 0 amide bonds. The van der Waals surface area contributed by atoms with Gasteiger partial charge < -0.3 is 18.9 Å². The smallest absolute Gasteiger partial charge is 0.306 e. The van der Waals surface area contributed by atoms with E-state index in [1.54, 1.807) is 19.9 Å². The molecule has 9 nitrogen and oxygen atoms in total. The largest absolute Gasteiger partial charge is 0.493 e. The van der Waals surface area contributed by atoms with Crippen LogP contribution in [0.15, 0.2) is 12.1 Å². The first-order chi connectivity index (χ1) is 13.2. The van der Waals surface area contributed by atoms with Crippen molar-refractivity contribution in [1.82, 2.24) is 0 Å². The topological polar surface area (TPSA) is 125 Å². The van der Waals surface area contributed by atoms with Crippen LogP contribution in [-0.4, -0.2) is 56.9 Å². The molecule has 1 N–H and O–H groups in total. The second-order valence-corrected chi connectivity index (χ2v) is 7.10. The van der Waals surface area contributed by atoms with E-state index in [4.69, 9.17) is 18.8 Å². The quantitative estimate of drug-likeness (QED) is 0.292. The molecule has 0 spiro atoms. The molecule has 0 unspecified atom stereocenters. The van der Waals surface area contributed by atoms with E-state index in [0.29, 0.717) is 37.1 Å². The lowest BCUT2D eigenvalue weighted by atomic mass is 10.0. The minimum absolute atomic E-state index is 0.162. The first kappa shape index (κ1) is 23.7. The van der Waals surface area contributed by atoms with Gasteiger partial charge in [-0.3, -0.25) is 14.1 Å². The molecule has 158 valence electrons. The van der Waals surface area contributed by atoms with Gasteiger partial charge in [-0.25, -0.2) is 0 Å². The van der Waals surface area contributed by atoms with Crippen LogP contribution in [0.4, 0.5) is 0 Å². The molecular weight excluding hydrogens is 392 g/mol. The Morgan fingerprint density at radius 2 is 1.43 bits per heavy atom. The average molecular weight is 418 g/mol. The molecule has 0 atom stereocenters. The predicted molar refractivity (Wildman–Crippen MR) is 101 cm³/mol. The second-order valence-electron chi connectivity index (χ2n) is 5.52. The summed E-state index contributed by atoms with van der Waals surface area (Å²) in [4.78, 5) is 24.2. The standard InChI is InChI=1S/C18H26O9S/c1-4-24-15-12-17(26-6-3)16(25-5-2)11-13(15)14(19)7-8-18(20)27-9-10-28(21,22)23/h11-12H,4-10H2,1-3H3,(H,21,22,23). The third-order valence-corrected chi connectivity index (χ3v) is 4.09. The molecule has 1 aromatic carbocycles. The van der Waals surface area contributed by atoms with Crippen molar-refractivity contribution in [2.24, 2.45) is 0 Å². The highest BCUT2D eigenvalue weighted by Gasteiger charge is 2.20. The third-order valence-electron chi connectivity index (χ3n) is 3.41. The van der Waals surface area contributed by atoms with Crippen molar-refractivity contribution >= 4 is 21.9 Å². The van der Waals surface area contributed by atoms with Gasteiger partial charge in [0.25, 0.3) is 10.1 Å². The van der Waals surface area contributed by atoms with Crippen molar-refractivity contribution < 1.29 is 41.5 Å². The van der Waals surface area contributed by atoms with Gasteiger partial charge in [0.2, 0.25) is 0 Å². The van der Waals surface area contributed by atoms with Gasteiger partial charge in [-0.05, 0) is 26.8 Å². The number of carbonyl (C=O) groups is 2. The summed E-state index contributed by atoms with van der Waals surface area (Å²) in [6.07, 6.45) is -0.405. The normalized spacial score (nSPS) is 11.0. The van der Waals surface area contributed by atoms with E-state index in [9.17, 15) is 18.0 Å². The van der Waals surface area contributed by atoms with E-state index in [1.807, 2.05) is 6.92 Å². The molecule has 1 aromatic rings. The predicted octanol–water partition coefficient (Wildman–Crippen LogP) is 2.28. The van der Waals surface area contributed by atoms with Gasteiger partial charge in [-0.15, -0.1) is 0 Å². The van der Waals surface area contributed by atoms with Crippen molar-refractivity contribution in [2.45, 2.75) is 33.6 Å². The summed E-state index contributed by atoms with van der Waals surface area (Å²) in [5, 5.41) is 0. The number of ketones is 1. The maximum atomic E-state index is 12.6. The fourth-order valence-corrected chi connectivity index (χ4v) is 2.55. The fraction of sp³-hybridized carbons (Fsp3) is 0.556. The number of carbonyl (C=O) groups excluding carboxylic acids is 2. The maximum absolute atomic E-state index is 12.6. The van der Waals surface area contributed by atoms with Crippen molar-refractivity contribution in [1.29, 1.82) is 0 Å². The van der Waals surface area contributed by atoms with Gasteiger partial charge >= 0.3 is 5.97 Å². The van der Waals surface area contributed by atoms with Crippen molar-refractivity contribution in [2.75, 3.05) is 32.2 Å². The molecule has 1 rings (SSSR count). The van der Waals surface area contributed by atoms with E-state index in [-0.39, 0.29) is 24.2 Å². The molecule has 0 radical (unpaired) electrons. The Bertz CT molecular complexity index is 772. The molecule has 0 aliphatic carbocycles. The van der Waals surface area contributed by atoms with Crippen LogP contribution in [0.25, 0.3) is 0 Å². The molecule has 28 heavy (non-hydrogen) atoms. The van der Waals surface area contributed by atoms with Crippen molar-refractivity contribution in [3.63, 3.8) is 0 Å². The molecule has 0 aliphatic heterocycles. The zero-order chi connectivity index (χ0) is 21.2. The van der Waals surface area contributed by atoms with Gasteiger partial charge in [0.05, 0.1) is 31.8 Å². The van der Waals surface area contributed by atoms with Crippen LogP contribution in [0.1, 0.15) is 44.0 Å². The van der Waals surface area contributed by atoms with E-state index in [0.717, 1.165) is 0 Å². The fourth-order valence-electron chi connectivity index (χ4n) is 2.25. The van der Waals surface area contributed by atoms with Crippen LogP contribution in [0.5, 0.6) is 17.2 Å². The van der Waals surface area contributed by atoms with Crippen LogP contribution in [0, 0.1) is 0 Å². The molecule has 10 heteroatoms. The Kier molecular flexibility index (Phi) is 9.74. The average Bonchev–Trinajstić information content (AvgIpc) is 2.61. The van der Waals surface area contributed by atoms with Crippen molar-refractivity contribution in [3.8, 4) is 17.2 Å². The van der Waals surface area contributed by atoms with Crippen LogP contribution in [0.2, 0.25) is 0 Å². The summed E-state index contributed by atoms with van der Waals surface area (Å²) in [7, 11) is -4.21. The molecular formula is C18H26O9S. The molecule has 0 fully saturated rings. The van der Waals surface area contributed by atoms with E-state index >= 15 is 0 Å². The third kappa shape index (κ3) is 8.13. The molecule has 0 saturated carbocycles. The lowest BCUT2D eigenvalue weighted by Gasteiger charge is -2.16. The summed E-state index contributed by atoms with van der Waals surface area (Å²) in [5.41, 5.74) is 0.250. The summed E-state index contributed by atoms with van der Waals surface area (Å²) in [5.74, 6) is -0.636. The van der Waals surface area contributed by atoms with Gasteiger partial charge in [0.1, 0.15) is 18.1 Å². The first-order valence-corrected chi connectivity index (χ1v) is 10.5. The summed E-state index contributed by atoms with van der Waals surface area (Å²) in [6, 6.07) is 3.10. The number of benzene rings is 1. The minimum Gasteiger partial charge on any atom is -0.493 e. The zero-order valence-corrected chi connectivity index (χ0v) is 17.0. The number of ether oxygens (including phenoxy) is 4. The Hall–Kier alpha value is -2.33. The van der Waals surface area contributed by atoms with Crippen LogP contribution in [-0.2, 0) is 19.6 Å². The van der Waals surface area contributed by atoms with E-state index < -0.39 is 28.4 Å². The van der Waals surface area contributed by atoms with E-state index in [2.05, 4.69) is 4.74 Å².